The van der Waals surface area contributed by atoms with Crippen molar-refractivity contribution in [2.45, 2.75) is 64.8 Å². The molecule has 0 aromatic heterocycles. The highest BCUT2D eigenvalue weighted by atomic mass is 16.6. The Morgan fingerprint density at radius 3 is 2.20 bits per heavy atom. The van der Waals surface area contributed by atoms with Crippen molar-refractivity contribution >= 4 is 29.3 Å². The van der Waals surface area contributed by atoms with Crippen molar-refractivity contribution < 1.29 is 33.4 Å². The minimum absolute atomic E-state index is 0.180. The van der Waals surface area contributed by atoms with Gasteiger partial charge in [-0.05, 0) is 85.5 Å². The predicted molar refractivity (Wildman–Crippen MR) is 190 cm³/mol. The number of nitrogens with one attached hydrogen (secondary N) is 2. The molecule has 9 nitrogen and oxygen atoms in total. The third kappa shape index (κ3) is 11.6. The normalized spacial score (nSPS) is 11.2. The molecule has 1 unspecified atom stereocenters. The first-order chi connectivity index (χ1) is 23.7. The minimum atomic E-state index is -0.834. The maximum absolute atomic E-state index is 13.2. The zero-order valence-electron chi connectivity index (χ0n) is 28.3. The van der Waals surface area contributed by atoms with Crippen molar-refractivity contribution in [1.82, 2.24) is 5.32 Å². The number of amides is 2. The smallest absolute Gasteiger partial charge is 0.343 e. The Morgan fingerprint density at radius 2 is 1.49 bits per heavy atom. The summed E-state index contributed by atoms with van der Waals surface area (Å²) in [6.07, 6.45) is 6.14. The van der Waals surface area contributed by atoms with E-state index in [0.29, 0.717) is 40.5 Å². The van der Waals surface area contributed by atoms with Gasteiger partial charge < -0.3 is 24.8 Å². The quantitative estimate of drug-likeness (QED) is 0.0647. The van der Waals surface area contributed by atoms with E-state index in [0.717, 1.165) is 18.4 Å². The summed E-state index contributed by atoms with van der Waals surface area (Å²) in [7, 11) is 1.46. The SMILES string of the molecule is CCCCCCCOc1ccc(C(=O)Oc2ccc(CC(NC(=O)c3cccc(NC(=O)Cc4ccccc4)c3)C(C)=O)cc2OC)cc1. The summed E-state index contributed by atoms with van der Waals surface area (Å²) in [6.45, 7) is 4.22. The van der Waals surface area contributed by atoms with Gasteiger partial charge in [-0.25, -0.2) is 4.79 Å². The number of hydrogen-bond donors (Lipinski definition) is 2. The number of esters is 1. The zero-order valence-corrected chi connectivity index (χ0v) is 28.3. The third-order valence-corrected chi connectivity index (χ3v) is 7.89. The molecule has 9 heteroatoms. The van der Waals surface area contributed by atoms with E-state index in [1.807, 2.05) is 30.3 Å². The van der Waals surface area contributed by atoms with Crippen molar-refractivity contribution in [2.75, 3.05) is 19.0 Å². The van der Waals surface area contributed by atoms with E-state index in [-0.39, 0.29) is 30.3 Å². The minimum Gasteiger partial charge on any atom is -0.494 e. The van der Waals surface area contributed by atoms with Gasteiger partial charge in [0.2, 0.25) is 5.91 Å². The Labute approximate surface area is 288 Å². The average Bonchev–Trinajstić information content (AvgIpc) is 3.10. The zero-order chi connectivity index (χ0) is 35.0. The van der Waals surface area contributed by atoms with Crippen LogP contribution in [0.3, 0.4) is 0 Å². The molecule has 49 heavy (non-hydrogen) atoms. The number of benzene rings is 4. The van der Waals surface area contributed by atoms with Crippen molar-refractivity contribution in [2.24, 2.45) is 0 Å². The fourth-order valence-corrected chi connectivity index (χ4v) is 5.16. The number of unbranched alkanes of at least 4 members (excludes halogenated alkanes) is 4. The Morgan fingerprint density at radius 1 is 0.735 bits per heavy atom. The van der Waals surface area contributed by atoms with Crippen molar-refractivity contribution in [3.05, 3.63) is 119 Å². The van der Waals surface area contributed by atoms with Crippen LogP contribution in [0, 0.1) is 0 Å². The van der Waals surface area contributed by atoms with Gasteiger partial charge in [-0.2, -0.15) is 0 Å². The van der Waals surface area contributed by atoms with Crippen molar-refractivity contribution in [1.29, 1.82) is 0 Å². The largest absolute Gasteiger partial charge is 0.494 e. The molecule has 4 rings (SSSR count). The van der Waals surface area contributed by atoms with E-state index in [4.69, 9.17) is 14.2 Å². The first kappa shape index (κ1) is 36.4. The number of ether oxygens (including phenoxy) is 3. The van der Waals surface area contributed by atoms with E-state index in [2.05, 4.69) is 17.6 Å². The van der Waals surface area contributed by atoms with E-state index < -0.39 is 17.9 Å². The van der Waals surface area contributed by atoms with Gasteiger partial charge in [0.05, 0.1) is 31.7 Å². The first-order valence-corrected chi connectivity index (χ1v) is 16.6. The summed E-state index contributed by atoms with van der Waals surface area (Å²) in [5.74, 6) is -0.234. The summed E-state index contributed by atoms with van der Waals surface area (Å²) in [6, 6.07) is 26.9. The lowest BCUT2D eigenvalue weighted by molar-refractivity contribution is -0.119. The molecule has 2 amide bonds. The van der Waals surface area contributed by atoms with Crippen LogP contribution in [-0.2, 0) is 22.4 Å². The van der Waals surface area contributed by atoms with E-state index in [1.54, 1.807) is 66.7 Å². The van der Waals surface area contributed by atoms with Crippen LogP contribution in [0.15, 0.2) is 97.1 Å². The molecule has 0 aliphatic rings. The molecule has 1 atom stereocenters. The standard InChI is InChI=1S/C40H44N2O7/c1-4-5-6-7-11-23-48-34-20-18-31(19-21-34)40(46)49-36-22-17-30(25-37(36)47-3)24-35(28(2)43)42-39(45)32-15-12-16-33(27-32)41-38(44)26-29-13-9-8-10-14-29/h8-10,12-22,25,27,35H,4-7,11,23-24,26H2,1-3H3,(H,41,44)(H,42,45). The van der Waals surface area contributed by atoms with Gasteiger partial charge in [-0.1, -0.05) is 75.1 Å². The molecule has 0 heterocycles. The number of carbonyl (C=O) groups excluding carboxylic acids is 4. The first-order valence-electron chi connectivity index (χ1n) is 16.6. The van der Waals surface area contributed by atoms with Gasteiger partial charge in [0, 0.05) is 11.3 Å². The molecule has 0 fully saturated rings. The fourth-order valence-electron chi connectivity index (χ4n) is 5.16. The Hall–Kier alpha value is -5.44. The number of carbonyl (C=O) groups is 4. The van der Waals surface area contributed by atoms with Gasteiger partial charge in [-0.15, -0.1) is 0 Å². The average molecular weight is 665 g/mol. The molecule has 0 aliphatic heterocycles. The summed E-state index contributed by atoms with van der Waals surface area (Å²) < 4.78 is 16.9. The number of ketones is 1. The number of rotatable bonds is 18. The fraction of sp³-hybridized carbons (Fsp3) is 0.300. The molecule has 4 aromatic rings. The highest BCUT2D eigenvalue weighted by Gasteiger charge is 2.21. The summed E-state index contributed by atoms with van der Waals surface area (Å²) in [4.78, 5) is 51.2. The van der Waals surface area contributed by atoms with Gasteiger partial charge in [0.25, 0.3) is 5.91 Å². The Balaban J connectivity index is 1.33. The lowest BCUT2D eigenvalue weighted by atomic mass is 10.0. The monoisotopic (exact) mass is 664 g/mol. The second-order valence-electron chi connectivity index (χ2n) is 11.8. The molecule has 0 aliphatic carbocycles. The van der Waals surface area contributed by atoms with Gasteiger partial charge in [0.1, 0.15) is 5.75 Å². The van der Waals surface area contributed by atoms with E-state index >= 15 is 0 Å². The molecular weight excluding hydrogens is 620 g/mol. The lowest BCUT2D eigenvalue weighted by Crippen LogP contribution is -2.41. The topological polar surface area (TPSA) is 120 Å². The van der Waals surface area contributed by atoms with Gasteiger partial charge >= 0.3 is 5.97 Å². The van der Waals surface area contributed by atoms with Crippen molar-refractivity contribution in [3.8, 4) is 17.2 Å². The number of anilines is 1. The Bertz CT molecular complexity index is 1700. The van der Waals surface area contributed by atoms with Crippen LogP contribution in [-0.4, -0.2) is 43.3 Å². The Kier molecular flexibility index (Phi) is 14.0. The van der Waals surface area contributed by atoms with Crippen LogP contribution in [0.5, 0.6) is 17.2 Å². The molecule has 0 bridgehead atoms. The van der Waals surface area contributed by atoms with Gasteiger partial charge in [-0.3, -0.25) is 14.4 Å². The van der Waals surface area contributed by atoms with Crippen LogP contribution < -0.4 is 24.8 Å². The second kappa shape index (κ2) is 18.8. The van der Waals surface area contributed by atoms with Crippen LogP contribution in [0.4, 0.5) is 5.69 Å². The van der Waals surface area contributed by atoms with Crippen LogP contribution in [0.1, 0.15) is 77.8 Å². The number of hydrogen-bond acceptors (Lipinski definition) is 7. The van der Waals surface area contributed by atoms with Crippen LogP contribution >= 0.6 is 0 Å². The molecule has 4 aromatic carbocycles. The maximum Gasteiger partial charge on any atom is 0.343 e. The molecular formula is C40H44N2O7. The molecule has 0 saturated heterocycles. The summed E-state index contributed by atoms with van der Waals surface area (Å²) in [5.41, 5.74) is 2.70. The molecule has 0 saturated carbocycles. The van der Waals surface area contributed by atoms with Crippen molar-refractivity contribution in [3.63, 3.8) is 0 Å². The molecule has 2 N–H and O–H groups in total. The number of methoxy groups -OCH3 is 1. The molecule has 0 spiro atoms. The summed E-state index contributed by atoms with van der Waals surface area (Å²) in [5, 5.41) is 5.62. The van der Waals surface area contributed by atoms with Crippen LogP contribution in [0.25, 0.3) is 0 Å². The molecule has 0 radical (unpaired) electrons. The summed E-state index contributed by atoms with van der Waals surface area (Å²) >= 11 is 0. The number of Topliss-reactive ketones (excluding diaryl/α,β-unsaturated/α-hetero) is 1. The predicted octanol–water partition coefficient (Wildman–Crippen LogP) is 7.37. The highest BCUT2D eigenvalue weighted by molar-refractivity contribution is 5.99. The lowest BCUT2D eigenvalue weighted by Gasteiger charge is -2.18. The van der Waals surface area contributed by atoms with Crippen LogP contribution in [0.2, 0.25) is 0 Å². The highest BCUT2D eigenvalue weighted by Crippen LogP contribution is 2.30. The van der Waals surface area contributed by atoms with E-state index in [1.165, 1.54) is 33.3 Å². The molecule has 256 valence electrons. The van der Waals surface area contributed by atoms with E-state index in [9.17, 15) is 19.2 Å². The second-order valence-corrected chi connectivity index (χ2v) is 11.8. The van der Waals surface area contributed by atoms with Gasteiger partial charge in [0.15, 0.2) is 17.3 Å². The third-order valence-electron chi connectivity index (χ3n) is 7.89. The maximum atomic E-state index is 13.2.